The summed E-state index contributed by atoms with van der Waals surface area (Å²) in [6.07, 6.45) is 0. The molecule has 0 aliphatic heterocycles. The Hall–Kier alpha value is -1.52. The van der Waals surface area contributed by atoms with Gasteiger partial charge in [-0.05, 0) is 30.3 Å². The van der Waals surface area contributed by atoms with Crippen molar-refractivity contribution in [1.29, 1.82) is 0 Å². The zero-order chi connectivity index (χ0) is 13.1. The van der Waals surface area contributed by atoms with Crippen molar-refractivity contribution in [3.8, 4) is 11.5 Å². The third-order valence-electron chi connectivity index (χ3n) is 2.20. The van der Waals surface area contributed by atoms with Crippen molar-refractivity contribution < 1.29 is 14.6 Å². The van der Waals surface area contributed by atoms with Crippen LogP contribution in [0.2, 0.25) is 5.02 Å². The van der Waals surface area contributed by atoms with Gasteiger partial charge in [-0.1, -0.05) is 33.6 Å². The third-order valence-corrected chi connectivity index (χ3v) is 3.01. The van der Waals surface area contributed by atoms with Gasteiger partial charge in [0.1, 0.15) is 11.5 Å². The van der Waals surface area contributed by atoms with E-state index in [0.29, 0.717) is 11.5 Å². The summed E-state index contributed by atoms with van der Waals surface area (Å²) in [7, 11) is 0. The van der Waals surface area contributed by atoms with Gasteiger partial charge in [-0.15, -0.1) is 0 Å². The number of benzene rings is 2. The normalized spacial score (nSPS) is 10.1. The molecule has 3 nitrogen and oxygen atoms in total. The lowest BCUT2D eigenvalue weighted by molar-refractivity contribution is 0.0697. The number of carboxylic acids is 1. The molecule has 92 valence electrons. The first kappa shape index (κ1) is 12.9. The van der Waals surface area contributed by atoms with Crippen molar-refractivity contribution in [3.05, 3.63) is 57.5 Å². The van der Waals surface area contributed by atoms with Gasteiger partial charge in [-0.2, -0.15) is 0 Å². The minimum Gasteiger partial charge on any atom is -0.478 e. The van der Waals surface area contributed by atoms with E-state index in [2.05, 4.69) is 15.9 Å². The molecule has 0 unspecified atom stereocenters. The van der Waals surface area contributed by atoms with Crippen molar-refractivity contribution >= 4 is 33.5 Å². The molecular formula is C13H8BrClO3. The lowest BCUT2D eigenvalue weighted by atomic mass is 10.2. The number of halogens is 2. The van der Waals surface area contributed by atoms with E-state index in [1.54, 1.807) is 18.2 Å². The predicted molar refractivity (Wildman–Crippen MR) is 72.6 cm³/mol. The summed E-state index contributed by atoms with van der Waals surface area (Å²) >= 11 is 9.19. The molecule has 0 saturated carbocycles. The van der Waals surface area contributed by atoms with E-state index in [-0.39, 0.29) is 10.6 Å². The molecule has 1 N–H and O–H groups in total. The maximum absolute atomic E-state index is 10.8. The minimum absolute atomic E-state index is 0.0539. The highest BCUT2D eigenvalue weighted by atomic mass is 79.9. The zero-order valence-corrected chi connectivity index (χ0v) is 11.4. The SMILES string of the molecule is O=C(O)c1ccc(Oc2cccc(Br)c2)cc1Cl. The van der Waals surface area contributed by atoms with Crippen molar-refractivity contribution in [1.82, 2.24) is 0 Å². The summed E-state index contributed by atoms with van der Waals surface area (Å²) in [5.41, 5.74) is 0.0539. The Morgan fingerprint density at radius 2 is 1.89 bits per heavy atom. The number of hydrogen-bond donors (Lipinski definition) is 1. The minimum atomic E-state index is -1.06. The average molecular weight is 328 g/mol. The number of hydrogen-bond acceptors (Lipinski definition) is 2. The third kappa shape index (κ3) is 3.03. The lowest BCUT2D eigenvalue weighted by Crippen LogP contribution is -1.97. The van der Waals surface area contributed by atoms with E-state index < -0.39 is 5.97 Å². The van der Waals surface area contributed by atoms with E-state index in [1.807, 2.05) is 12.1 Å². The topological polar surface area (TPSA) is 46.5 Å². The molecule has 0 amide bonds. The van der Waals surface area contributed by atoms with Crippen LogP contribution in [0.15, 0.2) is 46.9 Å². The number of carboxylic acid groups (broad SMARTS) is 1. The number of aromatic carboxylic acids is 1. The number of rotatable bonds is 3. The molecule has 2 rings (SSSR count). The van der Waals surface area contributed by atoms with Crippen LogP contribution in [0.25, 0.3) is 0 Å². The van der Waals surface area contributed by atoms with Crippen LogP contribution in [0.1, 0.15) is 10.4 Å². The second-order valence-electron chi connectivity index (χ2n) is 3.51. The maximum atomic E-state index is 10.8. The van der Waals surface area contributed by atoms with Crippen LogP contribution >= 0.6 is 27.5 Å². The zero-order valence-electron chi connectivity index (χ0n) is 9.06. The monoisotopic (exact) mass is 326 g/mol. The van der Waals surface area contributed by atoms with Crippen LogP contribution in [-0.4, -0.2) is 11.1 Å². The number of ether oxygens (including phenoxy) is 1. The molecule has 0 spiro atoms. The van der Waals surface area contributed by atoms with E-state index in [1.165, 1.54) is 12.1 Å². The Balaban J connectivity index is 2.25. The fraction of sp³-hybridized carbons (Fsp3) is 0. The van der Waals surface area contributed by atoms with Gasteiger partial charge < -0.3 is 9.84 Å². The molecule has 0 aliphatic carbocycles. The average Bonchev–Trinajstić information content (AvgIpc) is 2.28. The van der Waals surface area contributed by atoms with Gasteiger partial charge in [0.05, 0.1) is 10.6 Å². The molecule has 0 saturated heterocycles. The van der Waals surface area contributed by atoms with Crippen molar-refractivity contribution in [2.75, 3.05) is 0 Å². The van der Waals surface area contributed by atoms with Gasteiger partial charge in [0.15, 0.2) is 0 Å². The first-order valence-electron chi connectivity index (χ1n) is 5.02. The molecule has 0 radical (unpaired) electrons. The molecule has 0 aliphatic rings. The lowest BCUT2D eigenvalue weighted by Gasteiger charge is -2.07. The molecule has 2 aromatic carbocycles. The molecule has 0 aromatic heterocycles. The first-order valence-corrected chi connectivity index (χ1v) is 6.19. The van der Waals surface area contributed by atoms with Gasteiger partial charge in [0.25, 0.3) is 0 Å². The summed E-state index contributed by atoms with van der Waals surface area (Å²) in [6, 6.07) is 11.8. The van der Waals surface area contributed by atoms with E-state index in [4.69, 9.17) is 21.4 Å². The molecule has 18 heavy (non-hydrogen) atoms. The Morgan fingerprint density at radius 3 is 2.50 bits per heavy atom. The van der Waals surface area contributed by atoms with Gasteiger partial charge in [0, 0.05) is 10.5 Å². The molecule has 0 heterocycles. The number of carbonyl (C=O) groups is 1. The second-order valence-corrected chi connectivity index (χ2v) is 4.83. The Kier molecular flexibility index (Phi) is 3.89. The highest BCUT2D eigenvalue weighted by Crippen LogP contribution is 2.28. The first-order chi connectivity index (χ1) is 8.56. The fourth-order valence-electron chi connectivity index (χ4n) is 1.40. The van der Waals surface area contributed by atoms with Crippen LogP contribution in [0.5, 0.6) is 11.5 Å². The van der Waals surface area contributed by atoms with Crippen molar-refractivity contribution in [2.45, 2.75) is 0 Å². The molecule has 5 heteroatoms. The molecule has 0 fully saturated rings. The standard InChI is InChI=1S/C13H8BrClO3/c14-8-2-1-3-9(6-8)18-10-4-5-11(13(16)17)12(15)7-10/h1-7H,(H,16,17). The van der Waals surface area contributed by atoms with Crippen molar-refractivity contribution in [3.63, 3.8) is 0 Å². The quantitative estimate of drug-likeness (QED) is 0.896. The van der Waals surface area contributed by atoms with Crippen LogP contribution in [-0.2, 0) is 0 Å². The van der Waals surface area contributed by atoms with Crippen molar-refractivity contribution in [2.24, 2.45) is 0 Å². The molecular weight excluding hydrogens is 319 g/mol. The van der Waals surface area contributed by atoms with Crippen LogP contribution in [0.4, 0.5) is 0 Å². The Labute approximate surface area is 117 Å². The largest absolute Gasteiger partial charge is 0.478 e. The van der Waals surface area contributed by atoms with Gasteiger partial charge in [-0.3, -0.25) is 0 Å². The summed E-state index contributed by atoms with van der Waals surface area (Å²) in [5, 5.41) is 9.00. The summed E-state index contributed by atoms with van der Waals surface area (Å²) in [5.74, 6) is 0.0700. The Morgan fingerprint density at radius 1 is 1.17 bits per heavy atom. The summed E-state index contributed by atoms with van der Waals surface area (Å²) < 4.78 is 6.46. The van der Waals surface area contributed by atoms with Gasteiger partial charge >= 0.3 is 5.97 Å². The van der Waals surface area contributed by atoms with Crippen LogP contribution in [0.3, 0.4) is 0 Å². The predicted octanol–water partition coefficient (Wildman–Crippen LogP) is 4.59. The smallest absolute Gasteiger partial charge is 0.337 e. The summed E-state index contributed by atoms with van der Waals surface area (Å²) in [6.45, 7) is 0. The van der Waals surface area contributed by atoms with E-state index in [0.717, 1.165) is 4.47 Å². The van der Waals surface area contributed by atoms with E-state index in [9.17, 15) is 4.79 Å². The maximum Gasteiger partial charge on any atom is 0.337 e. The van der Waals surface area contributed by atoms with Crippen LogP contribution in [0, 0.1) is 0 Å². The highest BCUT2D eigenvalue weighted by molar-refractivity contribution is 9.10. The molecule has 2 aromatic rings. The van der Waals surface area contributed by atoms with Crippen LogP contribution < -0.4 is 4.74 Å². The fourth-order valence-corrected chi connectivity index (χ4v) is 2.03. The molecule has 0 atom stereocenters. The second kappa shape index (κ2) is 5.42. The van der Waals surface area contributed by atoms with Gasteiger partial charge in [-0.25, -0.2) is 4.79 Å². The molecule has 0 bridgehead atoms. The van der Waals surface area contributed by atoms with Gasteiger partial charge in [0.2, 0.25) is 0 Å². The summed E-state index contributed by atoms with van der Waals surface area (Å²) in [4.78, 5) is 10.8. The Bertz CT molecular complexity index is 599. The highest BCUT2D eigenvalue weighted by Gasteiger charge is 2.09. The van der Waals surface area contributed by atoms with E-state index >= 15 is 0 Å².